The summed E-state index contributed by atoms with van der Waals surface area (Å²) >= 11 is 0. The van der Waals surface area contributed by atoms with Crippen molar-refractivity contribution >= 4 is 11.8 Å². The molecule has 2 aromatic rings. The molecule has 2 rings (SSSR count). The monoisotopic (exact) mass is 290 g/mol. The van der Waals surface area contributed by atoms with E-state index < -0.39 is 11.8 Å². The first-order chi connectivity index (χ1) is 9.95. The molecule has 1 aromatic carbocycles. The van der Waals surface area contributed by atoms with E-state index in [4.69, 9.17) is 4.74 Å². The summed E-state index contributed by atoms with van der Waals surface area (Å²) in [4.78, 5) is 23.4. The van der Waals surface area contributed by atoms with Gasteiger partial charge in [0.05, 0.1) is 12.3 Å². The molecule has 0 aliphatic rings. The predicted molar refractivity (Wildman–Crippen MR) is 74.2 cm³/mol. The number of esters is 1. The van der Waals surface area contributed by atoms with Crippen LogP contribution >= 0.6 is 0 Å². The Hall–Kier alpha value is -2.50. The number of ketones is 1. The summed E-state index contributed by atoms with van der Waals surface area (Å²) in [7, 11) is 0. The molecule has 0 unspecified atom stereocenters. The zero-order valence-electron chi connectivity index (χ0n) is 12.0. The molecule has 110 valence electrons. The lowest BCUT2D eigenvalue weighted by Gasteiger charge is -2.07. The number of nitrogens with zero attached hydrogens (tertiary/aromatic N) is 2. The van der Waals surface area contributed by atoms with Crippen molar-refractivity contribution in [2.45, 2.75) is 20.8 Å². The van der Waals surface area contributed by atoms with Crippen LogP contribution in [0.1, 0.15) is 40.3 Å². The number of carbonyl (C=O) groups excluding carboxylic acids is 2. The first kappa shape index (κ1) is 14.9. The Labute approximate surface area is 121 Å². The molecular weight excluding hydrogens is 275 g/mol. The van der Waals surface area contributed by atoms with E-state index >= 15 is 0 Å². The van der Waals surface area contributed by atoms with Crippen molar-refractivity contribution in [3.63, 3.8) is 0 Å². The second-order valence-corrected chi connectivity index (χ2v) is 4.49. The van der Waals surface area contributed by atoms with Crippen LogP contribution in [0, 0.1) is 12.7 Å². The third-order valence-electron chi connectivity index (χ3n) is 2.99. The fourth-order valence-electron chi connectivity index (χ4n) is 2.02. The molecule has 1 heterocycles. The summed E-state index contributed by atoms with van der Waals surface area (Å²) < 4.78 is 20.2. The molecule has 0 aliphatic heterocycles. The maximum Gasteiger partial charge on any atom is 0.341 e. The van der Waals surface area contributed by atoms with Gasteiger partial charge in [-0.05, 0) is 32.9 Å². The number of benzene rings is 1. The molecule has 0 atom stereocenters. The highest BCUT2D eigenvalue weighted by Gasteiger charge is 2.19. The Balaban J connectivity index is 2.56. The minimum atomic E-state index is -0.583. The van der Waals surface area contributed by atoms with Crippen molar-refractivity contribution in [1.29, 1.82) is 0 Å². The molecule has 0 radical (unpaired) electrons. The smallest absolute Gasteiger partial charge is 0.341 e. The van der Waals surface area contributed by atoms with Crippen LogP contribution in [0.4, 0.5) is 4.39 Å². The molecule has 0 fully saturated rings. The Kier molecular flexibility index (Phi) is 4.16. The summed E-state index contributed by atoms with van der Waals surface area (Å²) in [6.07, 6.45) is 1.37. The lowest BCUT2D eigenvalue weighted by Crippen LogP contribution is -2.07. The van der Waals surface area contributed by atoms with Crippen LogP contribution in [-0.4, -0.2) is 28.1 Å². The van der Waals surface area contributed by atoms with Crippen molar-refractivity contribution in [3.8, 4) is 5.69 Å². The van der Waals surface area contributed by atoms with E-state index in [0.717, 1.165) is 0 Å². The van der Waals surface area contributed by atoms with Gasteiger partial charge in [-0.1, -0.05) is 6.07 Å². The van der Waals surface area contributed by atoms with Gasteiger partial charge in [0.25, 0.3) is 0 Å². The number of rotatable bonds is 4. The van der Waals surface area contributed by atoms with Gasteiger partial charge in [0, 0.05) is 11.8 Å². The van der Waals surface area contributed by atoms with E-state index in [-0.39, 0.29) is 29.2 Å². The van der Waals surface area contributed by atoms with Gasteiger partial charge >= 0.3 is 5.97 Å². The molecule has 5 nitrogen and oxygen atoms in total. The first-order valence-corrected chi connectivity index (χ1v) is 6.49. The molecule has 21 heavy (non-hydrogen) atoms. The molecule has 0 saturated carbocycles. The normalized spacial score (nSPS) is 10.5. The maximum absolute atomic E-state index is 14.1. The lowest BCUT2D eigenvalue weighted by molar-refractivity contribution is 0.0525. The third-order valence-corrected chi connectivity index (χ3v) is 2.99. The number of ether oxygens (including phenoxy) is 1. The Morgan fingerprint density at radius 1 is 1.33 bits per heavy atom. The van der Waals surface area contributed by atoms with E-state index in [1.165, 1.54) is 36.0 Å². The van der Waals surface area contributed by atoms with E-state index in [9.17, 15) is 14.0 Å². The maximum atomic E-state index is 14.1. The quantitative estimate of drug-likeness (QED) is 0.641. The summed E-state index contributed by atoms with van der Waals surface area (Å²) in [6.45, 7) is 4.90. The third kappa shape index (κ3) is 2.84. The minimum Gasteiger partial charge on any atom is -0.462 e. The van der Waals surface area contributed by atoms with Crippen molar-refractivity contribution < 1.29 is 18.7 Å². The highest BCUT2D eigenvalue weighted by atomic mass is 19.1. The second-order valence-electron chi connectivity index (χ2n) is 4.49. The van der Waals surface area contributed by atoms with E-state index in [1.54, 1.807) is 13.8 Å². The number of halogens is 1. The topological polar surface area (TPSA) is 61.2 Å². The molecule has 0 N–H and O–H groups in total. The number of aromatic nitrogens is 2. The van der Waals surface area contributed by atoms with Gasteiger partial charge in [-0.2, -0.15) is 5.10 Å². The van der Waals surface area contributed by atoms with E-state index in [2.05, 4.69) is 5.10 Å². The molecule has 0 spiro atoms. The Bertz CT molecular complexity index is 707. The summed E-state index contributed by atoms with van der Waals surface area (Å²) in [5.41, 5.74) is 0.886. The second kappa shape index (κ2) is 5.87. The summed E-state index contributed by atoms with van der Waals surface area (Å²) in [5, 5.41) is 4.11. The molecule has 0 aliphatic carbocycles. The average Bonchev–Trinajstić information content (AvgIpc) is 2.80. The first-order valence-electron chi connectivity index (χ1n) is 6.49. The predicted octanol–water partition coefficient (Wildman–Crippen LogP) is 2.70. The van der Waals surface area contributed by atoms with Crippen molar-refractivity contribution in [2.75, 3.05) is 6.61 Å². The highest BCUT2D eigenvalue weighted by molar-refractivity contribution is 5.98. The standard InChI is InChI=1S/C15H15FN2O3/c1-4-21-15(20)12-8-18(17-9(12)2)14-11(10(3)19)6-5-7-13(14)16/h5-8H,4H2,1-3H3. The van der Waals surface area contributed by atoms with Gasteiger partial charge in [0.15, 0.2) is 5.78 Å². The minimum absolute atomic E-state index is 0.0312. The van der Waals surface area contributed by atoms with Crippen LogP contribution in [0.3, 0.4) is 0 Å². The van der Waals surface area contributed by atoms with Gasteiger partial charge < -0.3 is 4.74 Å². The zero-order chi connectivity index (χ0) is 15.6. The summed E-state index contributed by atoms with van der Waals surface area (Å²) in [5.74, 6) is -1.39. The number of para-hydroxylation sites is 1. The highest BCUT2D eigenvalue weighted by Crippen LogP contribution is 2.21. The fourth-order valence-corrected chi connectivity index (χ4v) is 2.02. The van der Waals surface area contributed by atoms with Crippen LogP contribution in [0.5, 0.6) is 0 Å². The zero-order valence-corrected chi connectivity index (χ0v) is 12.0. The van der Waals surface area contributed by atoms with Crippen LogP contribution in [-0.2, 0) is 4.74 Å². The van der Waals surface area contributed by atoms with Crippen LogP contribution < -0.4 is 0 Å². The number of Topliss-reactive ketones (excluding diaryl/α,β-unsaturated/α-hetero) is 1. The number of aryl methyl sites for hydroxylation is 1. The van der Waals surface area contributed by atoms with E-state index in [0.29, 0.717) is 5.69 Å². The van der Waals surface area contributed by atoms with Gasteiger partial charge in [-0.25, -0.2) is 13.9 Å². The number of carbonyl (C=O) groups is 2. The Morgan fingerprint density at radius 3 is 2.67 bits per heavy atom. The molecule has 0 saturated heterocycles. The number of hydrogen-bond acceptors (Lipinski definition) is 4. The molecule has 1 aromatic heterocycles. The fraction of sp³-hybridized carbons (Fsp3) is 0.267. The lowest BCUT2D eigenvalue weighted by atomic mass is 10.1. The number of hydrogen-bond donors (Lipinski definition) is 0. The largest absolute Gasteiger partial charge is 0.462 e. The van der Waals surface area contributed by atoms with Gasteiger partial charge in [0.1, 0.15) is 17.1 Å². The average molecular weight is 290 g/mol. The van der Waals surface area contributed by atoms with Gasteiger partial charge in [-0.15, -0.1) is 0 Å². The van der Waals surface area contributed by atoms with E-state index in [1.807, 2.05) is 0 Å². The molecule has 0 amide bonds. The van der Waals surface area contributed by atoms with Crippen molar-refractivity contribution in [1.82, 2.24) is 9.78 Å². The molecule has 6 heteroatoms. The summed E-state index contributed by atoms with van der Waals surface area (Å²) in [6, 6.07) is 4.21. The molecule has 0 bridgehead atoms. The van der Waals surface area contributed by atoms with Gasteiger partial charge in [0.2, 0.25) is 0 Å². The van der Waals surface area contributed by atoms with Crippen molar-refractivity contribution in [3.05, 3.63) is 47.0 Å². The van der Waals surface area contributed by atoms with Crippen LogP contribution in [0.2, 0.25) is 0 Å². The SMILES string of the molecule is CCOC(=O)c1cn(-c2c(F)cccc2C(C)=O)nc1C. The van der Waals surface area contributed by atoms with Crippen LogP contribution in [0.15, 0.2) is 24.4 Å². The van der Waals surface area contributed by atoms with Gasteiger partial charge in [-0.3, -0.25) is 4.79 Å². The Morgan fingerprint density at radius 2 is 2.05 bits per heavy atom. The molecular formula is C15H15FN2O3. The van der Waals surface area contributed by atoms with Crippen molar-refractivity contribution in [2.24, 2.45) is 0 Å². The van der Waals surface area contributed by atoms with Crippen LogP contribution in [0.25, 0.3) is 5.69 Å².